The predicted octanol–water partition coefficient (Wildman–Crippen LogP) is 2.54. The molecule has 3 aliphatic rings. The van der Waals surface area contributed by atoms with Crippen LogP contribution in [0.3, 0.4) is 0 Å². The van der Waals surface area contributed by atoms with Gasteiger partial charge in [0.15, 0.2) is 11.6 Å². The first kappa shape index (κ1) is 13.9. The Kier molecular flexibility index (Phi) is 2.95. The van der Waals surface area contributed by atoms with E-state index in [4.69, 9.17) is 9.47 Å². The van der Waals surface area contributed by atoms with Crippen molar-refractivity contribution in [1.82, 2.24) is 4.90 Å². The minimum Gasteiger partial charge on any atom is -0.425 e. The quantitative estimate of drug-likeness (QED) is 0.799. The van der Waals surface area contributed by atoms with Gasteiger partial charge < -0.3 is 14.4 Å². The van der Waals surface area contributed by atoms with Gasteiger partial charge in [-0.3, -0.25) is 4.79 Å². The molecule has 0 bridgehead atoms. The molecule has 1 aromatic carbocycles. The summed E-state index contributed by atoms with van der Waals surface area (Å²) in [7, 11) is 1.99. The lowest BCUT2D eigenvalue weighted by Gasteiger charge is -2.41. The number of hydrogen-bond donors (Lipinski definition) is 0. The van der Waals surface area contributed by atoms with Crippen molar-refractivity contribution in [3.63, 3.8) is 0 Å². The minimum absolute atomic E-state index is 0.0645. The Hall–Kier alpha value is -1.69. The highest BCUT2D eigenvalue weighted by atomic mass is 19.2. The van der Waals surface area contributed by atoms with Crippen LogP contribution >= 0.6 is 0 Å². The molecule has 0 N–H and O–H groups in total. The number of halogens is 2. The molecule has 1 aromatic rings. The van der Waals surface area contributed by atoms with Crippen molar-refractivity contribution >= 4 is 5.78 Å². The number of ether oxygens (including phenoxy) is 2. The van der Waals surface area contributed by atoms with Gasteiger partial charge in [-0.05, 0) is 44.1 Å². The van der Waals surface area contributed by atoms with Crippen LogP contribution in [0.15, 0.2) is 12.1 Å². The van der Waals surface area contributed by atoms with Gasteiger partial charge in [0.05, 0.1) is 0 Å². The third-order valence-electron chi connectivity index (χ3n) is 5.37. The topological polar surface area (TPSA) is 38.8 Å². The number of hydrogen-bond acceptors (Lipinski definition) is 4. The smallest absolute Gasteiger partial charge is 0.397 e. The van der Waals surface area contributed by atoms with Crippen molar-refractivity contribution in [2.24, 2.45) is 0 Å². The first-order valence-corrected chi connectivity index (χ1v) is 7.53. The van der Waals surface area contributed by atoms with Gasteiger partial charge in [0.25, 0.3) is 0 Å². The van der Waals surface area contributed by atoms with Crippen molar-refractivity contribution in [3.8, 4) is 11.5 Å². The fourth-order valence-corrected chi connectivity index (χ4v) is 4.20. The van der Waals surface area contributed by atoms with E-state index < -0.39 is 12.4 Å². The Morgan fingerprint density at radius 2 is 2.14 bits per heavy atom. The fourth-order valence-electron chi connectivity index (χ4n) is 4.20. The number of carbonyl (C=O) groups is 1. The van der Waals surface area contributed by atoms with E-state index in [2.05, 4.69) is 4.90 Å². The van der Waals surface area contributed by atoms with Crippen LogP contribution in [0.4, 0.5) is 8.78 Å². The first-order chi connectivity index (χ1) is 10.5. The number of likely N-dealkylation sites (tertiary alicyclic amines) is 1. The molecule has 0 aromatic heterocycles. The first-order valence-electron chi connectivity index (χ1n) is 7.53. The number of rotatable bonds is 1. The van der Waals surface area contributed by atoms with E-state index in [1.165, 1.54) is 6.07 Å². The van der Waals surface area contributed by atoms with Crippen LogP contribution in [0.25, 0.3) is 0 Å². The second-order valence-corrected chi connectivity index (χ2v) is 6.44. The van der Waals surface area contributed by atoms with Crippen molar-refractivity contribution in [2.45, 2.75) is 43.7 Å². The third kappa shape index (κ3) is 1.86. The van der Waals surface area contributed by atoms with E-state index in [1.54, 1.807) is 6.07 Å². The summed E-state index contributed by atoms with van der Waals surface area (Å²) in [5, 5.41) is 0. The van der Waals surface area contributed by atoms with Gasteiger partial charge in [-0.2, -0.15) is 4.39 Å². The predicted molar refractivity (Wildman–Crippen MR) is 74.1 cm³/mol. The Labute approximate surface area is 127 Å². The maximum absolute atomic E-state index is 14.3. The van der Waals surface area contributed by atoms with E-state index >= 15 is 0 Å². The van der Waals surface area contributed by atoms with Gasteiger partial charge in [-0.25, -0.2) is 4.39 Å². The Bertz CT molecular complexity index is 651. The maximum Gasteiger partial charge on any atom is 0.397 e. The molecule has 118 valence electrons. The van der Waals surface area contributed by atoms with Crippen LogP contribution in [-0.2, 0) is 10.2 Å². The number of Topliss-reactive ketones (excluding diaryl/α,β-unsaturated/α-hetero) is 1. The molecule has 1 saturated carbocycles. The zero-order valence-electron chi connectivity index (χ0n) is 12.3. The molecule has 4 nitrogen and oxygen atoms in total. The largest absolute Gasteiger partial charge is 0.425 e. The average Bonchev–Trinajstić information content (AvgIpc) is 3.01. The summed E-state index contributed by atoms with van der Waals surface area (Å²) in [6.07, 6.45) is 2.54. The molecule has 2 heterocycles. The van der Waals surface area contributed by atoms with Crippen molar-refractivity contribution < 1.29 is 23.0 Å². The lowest BCUT2D eigenvalue weighted by atomic mass is 9.66. The summed E-state index contributed by atoms with van der Waals surface area (Å²) in [5.74, 6) is -0.406. The number of nitrogens with zero attached hydrogens (tertiary/aromatic N) is 1. The van der Waals surface area contributed by atoms with Crippen LogP contribution in [0.1, 0.15) is 31.2 Å². The molecule has 4 rings (SSSR count). The monoisotopic (exact) mass is 309 g/mol. The second-order valence-electron chi connectivity index (χ2n) is 6.44. The molecule has 3 atom stereocenters. The van der Waals surface area contributed by atoms with Crippen LogP contribution in [0.2, 0.25) is 0 Å². The number of ketones is 1. The van der Waals surface area contributed by atoms with E-state index in [-0.39, 0.29) is 28.7 Å². The molecule has 6 heteroatoms. The van der Waals surface area contributed by atoms with Crippen LogP contribution in [0.5, 0.6) is 11.5 Å². The Morgan fingerprint density at radius 1 is 1.32 bits per heavy atom. The molecule has 1 saturated heterocycles. The summed E-state index contributed by atoms with van der Waals surface area (Å²) in [4.78, 5) is 14.0. The summed E-state index contributed by atoms with van der Waals surface area (Å²) < 4.78 is 37.0. The van der Waals surface area contributed by atoms with Gasteiger partial charge in [0, 0.05) is 24.3 Å². The van der Waals surface area contributed by atoms with Crippen molar-refractivity contribution in [1.29, 1.82) is 0 Å². The minimum atomic E-state index is -1.95. The Morgan fingerprint density at radius 3 is 2.95 bits per heavy atom. The van der Waals surface area contributed by atoms with Crippen LogP contribution in [0, 0.1) is 5.82 Å². The molecule has 22 heavy (non-hydrogen) atoms. The number of likely N-dealkylation sites (N-methyl/N-ethyl adjacent to an activating group) is 1. The van der Waals surface area contributed by atoms with Gasteiger partial charge in [0.1, 0.15) is 5.78 Å². The molecule has 0 unspecified atom stereocenters. The zero-order valence-corrected chi connectivity index (χ0v) is 12.3. The maximum atomic E-state index is 14.3. The second kappa shape index (κ2) is 4.65. The van der Waals surface area contributed by atoms with Crippen molar-refractivity contribution in [3.05, 3.63) is 23.5 Å². The zero-order chi connectivity index (χ0) is 15.5. The average molecular weight is 309 g/mol. The molecule has 1 aliphatic carbocycles. The van der Waals surface area contributed by atoms with E-state index in [0.29, 0.717) is 19.3 Å². The number of alkyl halides is 1. The summed E-state index contributed by atoms with van der Waals surface area (Å²) in [6.45, 7) is -1.09. The lowest BCUT2D eigenvalue weighted by Crippen LogP contribution is -2.46. The fraction of sp³-hybridized carbons (Fsp3) is 0.562. The van der Waals surface area contributed by atoms with Crippen molar-refractivity contribution in [2.75, 3.05) is 13.6 Å². The summed E-state index contributed by atoms with van der Waals surface area (Å²) in [5.41, 5.74) is 0.513. The van der Waals surface area contributed by atoms with Gasteiger partial charge >= 0.3 is 6.54 Å². The summed E-state index contributed by atoms with van der Waals surface area (Å²) in [6, 6.07) is 3.16. The lowest BCUT2D eigenvalue weighted by molar-refractivity contribution is -0.122. The molecule has 2 fully saturated rings. The Balaban J connectivity index is 1.79. The standard InChI is InChI=1S/C16H17F2NO3/c1-19-5-4-16(3-2-10(20)8-13(16)19)9-6-11(17)14-12(7-9)21-15(18)22-14/h6-7,13,15H,2-5,8H2,1H3/t13-,15+,16-/m0/s1. The van der Waals surface area contributed by atoms with Gasteiger partial charge in [-0.15, -0.1) is 0 Å². The summed E-state index contributed by atoms with van der Waals surface area (Å²) >= 11 is 0. The molecule has 0 spiro atoms. The SMILES string of the molecule is CN1CC[C@]2(c3cc(F)c4c(c3)O[C@@H](F)O4)CCC(=O)C[C@H]12. The van der Waals surface area contributed by atoms with E-state index in [1.807, 2.05) is 7.05 Å². The molecule has 2 aliphatic heterocycles. The van der Waals surface area contributed by atoms with Gasteiger partial charge in [0.2, 0.25) is 5.75 Å². The number of benzene rings is 1. The van der Waals surface area contributed by atoms with E-state index in [9.17, 15) is 13.6 Å². The van der Waals surface area contributed by atoms with E-state index in [0.717, 1.165) is 18.5 Å². The highest BCUT2D eigenvalue weighted by molar-refractivity contribution is 5.81. The third-order valence-corrected chi connectivity index (χ3v) is 5.37. The van der Waals surface area contributed by atoms with Crippen LogP contribution in [-0.4, -0.2) is 36.9 Å². The number of fused-ring (bicyclic) bond motifs is 2. The molecular weight excluding hydrogens is 292 g/mol. The molecular formula is C16H17F2NO3. The highest BCUT2D eigenvalue weighted by Gasteiger charge is 2.51. The highest BCUT2D eigenvalue weighted by Crippen LogP contribution is 2.50. The molecule has 0 radical (unpaired) electrons. The normalized spacial score (nSPS) is 34.0. The number of carbonyl (C=O) groups excluding carboxylic acids is 1. The molecule has 0 amide bonds. The van der Waals surface area contributed by atoms with Crippen LogP contribution < -0.4 is 9.47 Å². The van der Waals surface area contributed by atoms with Gasteiger partial charge in [-0.1, -0.05) is 0 Å².